The molecule has 4 rings (SSSR count). The number of aryl methyl sites for hydroxylation is 1. The Hall–Kier alpha value is -4.65. The van der Waals surface area contributed by atoms with E-state index in [1.165, 1.54) is 30.3 Å². The van der Waals surface area contributed by atoms with Crippen molar-refractivity contribution in [3.05, 3.63) is 73.2 Å². The zero-order valence-electron chi connectivity index (χ0n) is 17.9. The molecule has 4 N–H and O–H groups in total. The van der Waals surface area contributed by atoms with E-state index in [0.717, 1.165) is 6.92 Å². The van der Waals surface area contributed by atoms with Gasteiger partial charge >= 0.3 is 0 Å². The number of aromatic amines is 1. The van der Waals surface area contributed by atoms with E-state index in [9.17, 15) is 25.0 Å². The minimum Gasteiger partial charge on any atom is -0.481 e. The molecule has 0 fully saturated rings. The van der Waals surface area contributed by atoms with Gasteiger partial charge in [0.2, 0.25) is 0 Å². The number of nitro benzene ring substituents is 2. The summed E-state index contributed by atoms with van der Waals surface area (Å²) in [6.45, 7) is 2.05. The number of nitrogens with zero attached hydrogens (tertiary/aromatic N) is 4. The van der Waals surface area contributed by atoms with Crippen molar-refractivity contribution in [2.24, 2.45) is 5.73 Å². The number of aromatic nitrogens is 3. The Kier molecular flexibility index (Phi) is 6.97. The van der Waals surface area contributed by atoms with Crippen LogP contribution in [-0.2, 0) is 11.3 Å². The van der Waals surface area contributed by atoms with Crippen LogP contribution in [-0.4, -0.2) is 42.0 Å². The van der Waals surface area contributed by atoms with Crippen molar-refractivity contribution in [1.82, 2.24) is 14.5 Å². The normalized spacial score (nSPS) is 10.6. The van der Waals surface area contributed by atoms with Gasteiger partial charge in [-0.2, -0.15) is 0 Å². The highest BCUT2D eigenvalue weighted by Gasteiger charge is 2.18. The molecule has 0 aliphatic heterocycles. The first kappa shape index (κ1) is 24.0. The summed E-state index contributed by atoms with van der Waals surface area (Å²) in [5.41, 5.74) is 6.74. The quantitative estimate of drug-likeness (QED) is 0.281. The molecule has 0 amide bonds. The summed E-state index contributed by atoms with van der Waals surface area (Å²) in [5.74, 6) is -0.833. The molecular weight excluding hydrogens is 448 g/mol. The van der Waals surface area contributed by atoms with Gasteiger partial charge in [-0.05, 0) is 25.1 Å². The number of nitrogens with two attached hydrogens (primary N) is 1. The third kappa shape index (κ3) is 5.05. The number of carbonyl (C=O) groups is 1. The second-order valence-corrected chi connectivity index (χ2v) is 7.23. The topological polar surface area (TPSA) is 200 Å². The van der Waals surface area contributed by atoms with Crippen LogP contribution in [0.2, 0.25) is 0 Å². The number of benzene rings is 2. The summed E-state index contributed by atoms with van der Waals surface area (Å²) in [6.07, 6.45) is 2.37. The van der Waals surface area contributed by atoms with Gasteiger partial charge in [0.05, 0.1) is 26.4 Å². The standard InChI is InChI=1S/C19H16N6O5.C2H4O2/c20-6-1-7-23-10-14(13-4-2-12(25(29)30)9-17(13)23)18-19(26)22-16-8-11(24(27)28)3-5-15(16)21-18;1-2(3)4/h2-5,8-10H,1,6-7,20H2,(H,22,26);1H3,(H,3,4). The molecule has 2 aromatic heterocycles. The van der Waals surface area contributed by atoms with Gasteiger partial charge in [0.25, 0.3) is 22.9 Å². The lowest BCUT2D eigenvalue weighted by Gasteiger charge is -2.03. The van der Waals surface area contributed by atoms with E-state index in [0.29, 0.717) is 41.5 Å². The average Bonchev–Trinajstić information content (AvgIpc) is 3.14. The average molecular weight is 468 g/mol. The van der Waals surface area contributed by atoms with Crippen LogP contribution in [0.15, 0.2) is 47.4 Å². The van der Waals surface area contributed by atoms with Gasteiger partial charge < -0.3 is 20.4 Å². The lowest BCUT2D eigenvalue weighted by atomic mass is 10.1. The number of nitrogens with one attached hydrogen (secondary N) is 1. The van der Waals surface area contributed by atoms with Gasteiger partial charge in [-0.25, -0.2) is 4.98 Å². The number of rotatable bonds is 6. The number of hydrogen-bond donors (Lipinski definition) is 3. The Morgan fingerprint density at radius 1 is 1.15 bits per heavy atom. The summed E-state index contributed by atoms with van der Waals surface area (Å²) in [7, 11) is 0. The summed E-state index contributed by atoms with van der Waals surface area (Å²) < 4.78 is 1.81. The summed E-state index contributed by atoms with van der Waals surface area (Å²) in [6, 6.07) is 8.44. The number of non-ortho nitro benzene ring substituents is 2. The molecule has 176 valence electrons. The highest BCUT2D eigenvalue weighted by atomic mass is 16.6. The molecule has 0 aliphatic rings. The van der Waals surface area contributed by atoms with Gasteiger partial charge in [-0.1, -0.05) is 0 Å². The Bertz CT molecular complexity index is 1470. The molecule has 0 saturated heterocycles. The molecule has 4 aromatic rings. The number of hydrogen-bond acceptors (Lipinski definition) is 8. The van der Waals surface area contributed by atoms with E-state index < -0.39 is 21.4 Å². The van der Waals surface area contributed by atoms with Crippen molar-refractivity contribution in [2.45, 2.75) is 19.9 Å². The molecule has 0 spiro atoms. The molecule has 2 aromatic carbocycles. The van der Waals surface area contributed by atoms with Crippen molar-refractivity contribution in [3.63, 3.8) is 0 Å². The van der Waals surface area contributed by atoms with Crippen molar-refractivity contribution in [2.75, 3.05) is 6.54 Å². The molecule has 0 unspecified atom stereocenters. The molecule has 13 nitrogen and oxygen atoms in total. The Labute approximate surface area is 190 Å². The van der Waals surface area contributed by atoms with Crippen LogP contribution in [0.1, 0.15) is 13.3 Å². The molecule has 0 saturated carbocycles. The predicted molar refractivity (Wildman–Crippen MR) is 124 cm³/mol. The molecule has 0 atom stereocenters. The highest BCUT2D eigenvalue weighted by Crippen LogP contribution is 2.31. The molecule has 0 radical (unpaired) electrons. The first-order chi connectivity index (χ1) is 16.1. The van der Waals surface area contributed by atoms with E-state index in [4.69, 9.17) is 15.6 Å². The van der Waals surface area contributed by atoms with Crippen LogP contribution in [0.5, 0.6) is 0 Å². The maximum atomic E-state index is 12.7. The van der Waals surface area contributed by atoms with E-state index in [1.807, 2.05) is 4.57 Å². The van der Waals surface area contributed by atoms with Crippen LogP contribution in [0, 0.1) is 20.2 Å². The predicted octanol–water partition coefficient (Wildman–Crippen LogP) is 2.80. The fourth-order valence-electron chi connectivity index (χ4n) is 3.40. The van der Waals surface area contributed by atoms with Gasteiger partial charge in [0.1, 0.15) is 5.69 Å². The Morgan fingerprint density at radius 3 is 2.38 bits per heavy atom. The van der Waals surface area contributed by atoms with Crippen LogP contribution in [0.4, 0.5) is 11.4 Å². The van der Waals surface area contributed by atoms with E-state index in [2.05, 4.69) is 9.97 Å². The van der Waals surface area contributed by atoms with Gasteiger partial charge in [0.15, 0.2) is 0 Å². The number of H-pyrrole nitrogens is 1. The third-order valence-electron chi connectivity index (χ3n) is 4.82. The molecule has 13 heteroatoms. The summed E-state index contributed by atoms with van der Waals surface area (Å²) in [4.78, 5) is 49.9. The highest BCUT2D eigenvalue weighted by molar-refractivity contribution is 5.97. The van der Waals surface area contributed by atoms with Crippen LogP contribution < -0.4 is 11.3 Å². The fraction of sp³-hybridized carbons (Fsp3) is 0.190. The number of nitro groups is 2. The van der Waals surface area contributed by atoms with Crippen molar-refractivity contribution in [1.29, 1.82) is 0 Å². The lowest BCUT2D eigenvalue weighted by Crippen LogP contribution is -2.11. The smallest absolute Gasteiger partial charge is 0.300 e. The van der Waals surface area contributed by atoms with Gasteiger partial charge in [-0.15, -0.1) is 0 Å². The second kappa shape index (κ2) is 9.87. The number of aliphatic carboxylic acids is 1. The van der Waals surface area contributed by atoms with E-state index >= 15 is 0 Å². The SMILES string of the molecule is CC(=O)O.NCCCn1cc(-c2nc3ccc([N+](=O)[O-])cc3[nH]c2=O)c2ccc([N+](=O)[O-])cc21. The number of carboxylic acids is 1. The zero-order valence-corrected chi connectivity index (χ0v) is 17.9. The van der Waals surface area contributed by atoms with Crippen LogP contribution in [0.25, 0.3) is 33.2 Å². The minimum atomic E-state index is -0.833. The van der Waals surface area contributed by atoms with Crippen LogP contribution >= 0.6 is 0 Å². The van der Waals surface area contributed by atoms with Crippen LogP contribution in [0.3, 0.4) is 0 Å². The fourth-order valence-corrected chi connectivity index (χ4v) is 3.40. The third-order valence-corrected chi connectivity index (χ3v) is 4.82. The van der Waals surface area contributed by atoms with Crippen molar-refractivity contribution >= 4 is 39.3 Å². The first-order valence-corrected chi connectivity index (χ1v) is 9.98. The van der Waals surface area contributed by atoms with E-state index in [-0.39, 0.29) is 22.6 Å². The largest absolute Gasteiger partial charge is 0.481 e. The first-order valence-electron chi connectivity index (χ1n) is 9.98. The molecular formula is C21H20N6O7. The van der Waals surface area contributed by atoms with E-state index in [1.54, 1.807) is 12.3 Å². The lowest BCUT2D eigenvalue weighted by molar-refractivity contribution is -0.384. The van der Waals surface area contributed by atoms with Crippen molar-refractivity contribution < 1.29 is 19.7 Å². The summed E-state index contributed by atoms with van der Waals surface area (Å²) >= 11 is 0. The summed E-state index contributed by atoms with van der Waals surface area (Å²) in [5, 5.41) is 30.2. The van der Waals surface area contributed by atoms with Crippen molar-refractivity contribution in [3.8, 4) is 11.3 Å². The number of carboxylic acid groups (broad SMARTS) is 1. The number of fused-ring (bicyclic) bond motifs is 2. The minimum absolute atomic E-state index is 0.0613. The second-order valence-electron chi connectivity index (χ2n) is 7.23. The monoisotopic (exact) mass is 468 g/mol. The molecule has 0 bridgehead atoms. The zero-order chi connectivity index (χ0) is 25.0. The Balaban J connectivity index is 0.000000751. The maximum absolute atomic E-state index is 12.7. The molecule has 2 heterocycles. The maximum Gasteiger partial charge on any atom is 0.300 e. The molecule has 34 heavy (non-hydrogen) atoms. The Morgan fingerprint density at radius 2 is 1.76 bits per heavy atom. The van der Waals surface area contributed by atoms with Gasteiger partial charge in [-0.3, -0.25) is 29.8 Å². The molecule has 0 aliphatic carbocycles. The van der Waals surface area contributed by atoms with Gasteiger partial charge in [0, 0.05) is 54.9 Å².